The van der Waals surface area contributed by atoms with Crippen LogP contribution in [0.25, 0.3) is 10.9 Å². The van der Waals surface area contributed by atoms with Gasteiger partial charge in [0.25, 0.3) is 0 Å². The van der Waals surface area contributed by atoms with Crippen molar-refractivity contribution in [2.45, 2.75) is 12.1 Å². The van der Waals surface area contributed by atoms with Gasteiger partial charge >= 0.3 is 0 Å². The van der Waals surface area contributed by atoms with Gasteiger partial charge < -0.3 is 16.0 Å². The average Bonchev–Trinajstić information content (AvgIpc) is 3.31. The highest BCUT2D eigenvalue weighted by atomic mass is 35.5. The summed E-state index contributed by atoms with van der Waals surface area (Å²) in [6.45, 7) is 2.02. The number of nitriles is 1. The van der Waals surface area contributed by atoms with Crippen LogP contribution in [0.15, 0.2) is 73.1 Å². The number of benzene rings is 3. The van der Waals surface area contributed by atoms with E-state index < -0.39 is 5.82 Å². The van der Waals surface area contributed by atoms with Crippen molar-refractivity contribution in [3.63, 3.8) is 0 Å². The van der Waals surface area contributed by atoms with E-state index in [1.54, 1.807) is 18.2 Å². The number of nitrogens with one attached hydrogen (secondary N) is 3. The summed E-state index contributed by atoms with van der Waals surface area (Å²) in [5, 5.41) is 30.2. The second-order valence-corrected chi connectivity index (χ2v) is 11.2. The number of hydrogen-bond acceptors (Lipinski definition) is 7. The number of aromatic nitrogens is 4. The van der Waals surface area contributed by atoms with Crippen molar-refractivity contribution in [1.29, 1.82) is 5.26 Å². The molecule has 2 aromatic heterocycles. The van der Waals surface area contributed by atoms with Crippen molar-refractivity contribution in [3.05, 3.63) is 106 Å². The lowest BCUT2D eigenvalue weighted by atomic mass is 10.0. The Hall–Kier alpha value is -4.23. The maximum atomic E-state index is 13.8. The van der Waals surface area contributed by atoms with Gasteiger partial charge in [-0.1, -0.05) is 58.7 Å². The lowest BCUT2D eigenvalue weighted by molar-refractivity contribution is 0.509. The molecule has 8 nitrogen and oxygen atoms in total. The van der Waals surface area contributed by atoms with E-state index >= 15 is 0 Å². The first-order valence-electron chi connectivity index (χ1n) is 13.2. The maximum absolute atomic E-state index is 13.8. The normalized spacial score (nSPS) is 19.9. The SMILES string of the molecule is N#Cc1cnc2c(N[C@@H](c3ccccc3)c3cn(C4C5CNCC54)nn3)cc(Cl)cc2c1Nc1ccc(F)c(Cl)c1. The summed E-state index contributed by atoms with van der Waals surface area (Å²) in [5.74, 6) is 0.673. The summed E-state index contributed by atoms with van der Waals surface area (Å²) in [6, 6.07) is 20.0. The van der Waals surface area contributed by atoms with Gasteiger partial charge in [0.2, 0.25) is 0 Å². The molecule has 1 aliphatic carbocycles. The number of nitrogens with zero attached hydrogens (tertiary/aromatic N) is 5. The molecule has 3 atom stereocenters. The third kappa shape index (κ3) is 4.74. The van der Waals surface area contributed by atoms with Gasteiger partial charge in [-0.3, -0.25) is 4.98 Å². The Morgan fingerprint density at radius 2 is 1.88 bits per heavy atom. The molecule has 1 saturated heterocycles. The quantitative estimate of drug-likeness (QED) is 0.201. The summed E-state index contributed by atoms with van der Waals surface area (Å²) in [6.07, 6.45) is 3.52. The second kappa shape index (κ2) is 10.3. The van der Waals surface area contributed by atoms with Crippen LogP contribution in [0.2, 0.25) is 10.0 Å². The predicted molar refractivity (Wildman–Crippen MR) is 157 cm³/mol. The first kappa shape index (κ1) is 25.7. The molecule has 1 aliphatic heterocycles. The topological polar surface area (TPSA) is 103 Å². The fourth-order valence-electron chi connectivity index (χ4n) is 5.79. The highest BCUT2D eigenvalue weighted by Crippen LogP contribution is 2.52. The number of pyridine rings is 1. The van der Waals surface area contributed by atoms with Crippen molar-refractivity contribution in [1.82, 2.24) is 25.3 Å². The van der Waals surface area contributed by atoms with Crippen LogP contribution >= 0.6 is 23.2 Å². The molecule has 3 heterocycles. The van der Waals surface area contributed by atoms with Gasteiger partial charge in [-0.15, -0.1) is 5.10 Å². The molecule has 0 amide bonds. The monoisotopic (exact) mass is 584 g/mol. The molecule has 2 fully saturated rings. The van der Waals surface area contributed by atoms with Gasteiger partial charge in [0, 0.05) is 47.2 Å². The molecule has 2 unspecified atom stereocenters. The number of halogens is 3. The zero-order chi connectivity index (χ0) is 28.1. The van der Waals surface area contributed by atoms with Gasteiger partial charge in [0.05, 0.1) is 45.8 Å². The molecule has 2 aliphatic rings. The van der Waals surface area contributed by atoms with Crippen LogP contribution in [0.3, 0.4) is 0 Å². The highest BCUT2D eigenvalue weighted by molar-refractivity contribution is 6.32. The van der Waals surface area contributed by atoms with E-state index in [1.165, 1.54) is 18.3 Å². The average molecular weight is 585 g/mol. The minimum Gasteiger partial charge on any atom is -0.371 e. The van der Waals surface area contributed by atoms with Crippen molar-refractivity contribution < 1.29 is 4.39 Å². The number of anilines is 3. The fourth-order valence-corrected chi connectivity index (χ4v) is 6.19. The van der Waals surface area contributed by atoms with Gasteiger partial charge in [0.1, 0.15) is 17.6 Å². The number of rotatable bonds is 7. The molecule has 0 radical (unpaired) electrons. The number of piperidine rings is 1. The van der Waals surface area contributed by atoms with Crippen molar-refractivity contribution in [2.24, 2.45) is 11.8 Å². The summed E-state index contributed by atoms with van der Waals surface area (Å²) >= 11 is 12.6. The smallest absolute Gasteiger partial charge is 0.141 e. The van der Waals surface area contributed by atoms with E-state index in [1.807, 2.05) is 41.2 Å². The molecule has 204 valence electrons. The van der Waals surface area contributed by atoms with Gasteiger partial charge in [0.15, 0.2) is 0 Å². The Morgan fingerprint density at radius 3 is 2.63 bits per heavy atom. The molecular formula is C30H23Cl2FN8. The fraction of sp³-hybridized carbons (Fsp3) is 0.200. The van der Waals surface area contributed by atoms with Crippen LogP contribution in [0.1, 0.15) is 28.9 Å². The van der Waals surface area contributed by atoms with Crippen LogP contribution < -0.4 is 16.0 Å². The van der Waals surface area contributed by atoms with Crippen LogP contribution in [-0.4, -0.2) is 33.1 Å². The lowest BCUT2D eigenvalue weighted by Gasteiger charge is -2.21. The van der Waals surface area contributed by atoms with Crippen molar-refractivity contribution >= 4 is 51.2 Å². The van der Waals surface area contributed by atoms with E-state index in [0.717, 1.165) is 24.3 Å². The van der Waals surface area contributed by atoms with Crippen molar-refractivity contribution in [2.75, 3.05) is 23.7 Å². The minimum atomic E-state index is -0.530. The Labute approximate surface area is 245 Å². The summed E-state index contributed by atoms with van der Waals surface area (Å²) in [7, 11) is 0. The molecule has 7 rings (SSSR count). The van der Waals surface area contributed by atoms with Crippen LogP contribution in [0.4, 0.5) is 21.5 Å². The Kier molecular flexibility index (Phi) is 6.47. The van der Waals surface area contributed by atoms with E-state index in [2.05, 4.69) is 37.3 Å². The van der Waals surface area contributed by atoms with E-state index in [4.69, 9.17) is 23.2 Å². The molecule has 5 aromatic rings. The molecule has 41 heavy (non-hydrogen) atoms. The molecule has 3 N–H and O–H groups in total. The number of hydrogen-bond donors (Lipinski definition) is 3. The molecule has 11 heteroatoms. The van der Waals surface area contributed by atoms with Gasteiger partial charge in [-0.25, -0.2) is 9.07 Å². The standard InChI is InChI=1S/C30H23Cl2FN8/c31-18-8-20-27(37-19-6-7-24(33)23(32)10-19)17(11-34)12-36-29(20)25(9-18)38-28(16-4-2-1-3-5-16)26-15-41(40-39-26)30-21-13-35-14-22(21)30/h1-10,12,15,21-22,28,30,35,38H,13-14H2,(H,36,37)/t21?,22?,28-,30?/m0/s1. The van der Waals surface area contributed by atoms with E-state index in [0.29, 0.717) is 56.4 Å². The number of fused-ring (bicyclic) bond motifs is 2. The van der Waals surface area contributed by atoms with Crippen LogP contribution in [0.5, 0.6) is 0 Å². The molecular weight excluding hydrogens is 562 g/mol. The summed E-state index contributed by atoms with van der Waals surface area (Å²) in [4.78, 5) is 4.63. The summed E-state index contributed by atoms with van der Waals surface area (Å²) < 4.78 is 15.8. The zero-order valence-electron chi connectivity index (χ0n) is 21.5. The van der Waals surface area contributed by atoms with E-state index in [9.17, 15) is 9.65 Å². The Morgan fingerprint density at radius 1 is 1.07 bits per heavy atom. The highest BCUT2D eigenvalue weighted by Gasteiger charge is 2.55. The third-order valence-electron chi connectivity index (χ3n) is 7.85. The Bertz CT molecular complexity index is 1810. The molecule has 3 aromatic carbocycles. The predicted octanol–water partition coefficient (Wildman–Crippen LogP) is 6.48. The third-order valence-corrected chi connectivity index (χ3v) is 8.36. The maximum Gasteiger partial charge on any atom is 0.141 e. The lowest BCUT2D eigenvalue weighted by Crippen LogP contribution is -2.17. The van der Waals surface area contributed by atoms with E-state index in [-0.39, 0.29) is 11.1 Å². The first-order chi connectivity index (χ1) is 20.0. The van der Waals surface area contributed by atoms with Crippen LogP contribution in [-0.2, 0) is 0 Å². The van der Waals surface area contributed by atoms with Crippen LogP contribution in [0, 0.1) is 29.0 Å². The largest absolute Gasteiger partial charge is 0.371 e. The zero-order valence-corrected chi connectivity index (χ0v) is 23.0. The minimum absolute atomic E-state index is 0.0305. The molecule has 0 bridgehead atoms. The van der Waals surface area contributed by atoms with Gasteiger partial charge in [-0.05, 0) is 35.9 Å². The summed E-state index contributed by atoms with van der Waals surface area (Å²) in [5.41, 5.74) is 4.34. The Balaban J connectivity index is 1.29. The first-order valence-corrected chi connectivity index (χ1v) is 13.9. The van der Waals surface area contributed by atoms with Gasteiger partial charge in [-0.2, -0.15) is 5.26 Å². The molecule has 0 spiro atoms. The molecule has 1 saturated carbocycles. The second-order valence-electron chi connectivity index (χ2n) is 10.4. The van der Waals surface area contributed by atoms with Crippen molar-refractivity contribution in [3.8, 4) is 6.07 Å².